The van der Waals surface area contributed by atoms with Crippen LogP contribution in [-0.4, -0.2) is 57.2 Å². The van der Waals surface area contributed by atoms with Crippen LogP contribution in [0.15, 0.2) is 41.2 Å². The van der Waals surface area contributed by atoms with E-state index in [4.69, 9.17) is 4.52 Å². The highest BCUT2D eigenvalue weighted by molar-refractivity contribution is 7.15. The van der Waals surface area contributed by atoms with Crippen LogP contribution in [0.3, 0.4) is 0 Å². The van der Waals surface area contributed by atoms with E-state index in [9.17, 15) is 9.59 Å². The molecule has 2 aromatic heterocycles. The first kappa shape index (κ1) is 19.2. The van der Waals surface area contributed by atoms with Gasteiger partial charge in [0.05, 0.1) is 5.92 Å². The van der Waals surface area contributed by atoms with Crippen molar-refractivity contribution in [2.45, 2.75) is 19.3 Å². The van der Waals surface area contributed by atoms with Crippen LogP contribution in [0.1, 0.15) is 22.8 Å². The lowest BCUT2D eigenvalue weighted by Gasteiger charge is -2.20. The molecule has 9 nitrogen and oxygen atoms in total. The molecule has 1 aliphatic heterocycles. The first-order valence-corrected chi connectivity index (χ1v) is 10.1. The topological polar surface area (TPSA) is 105 Å². The van der Waals surface area contributed by atoms with Gasteiger partial charge in [-0.1, -0.05) is 46.8 Å². The van der Waals surface area contributed by atoms with Crippen molar-refractivity contribution in [3.05, 3.63) is 53.1 Å². The van der Waals surface area contributed by atoms with Crippen LogP contribution in [0.4, 0.5) is 5.13 Å². The molecule has 0 bridgehead atoms. The molecule has 0 N–H and O–H groups in total. The lowest BCUT2D eigenvalue weighted by Crippen LogP contribution is -2.36. The molecule has 29 heavy (non-hydrogen) atoms. The molecule has 4 rings (SSSR count). The Morgan fingerprint density at radius 3 is 2.90 bits per heavy atom. The number of aromatic nitrogens is 4. The molecule has 10 heteroatoms. The van der Waals surface area contributed by atoms with Gasteiger partial charge in [-0.2, -0.15) is 4.98 Å². The minimum atomic E-state index is -0.390. The third-order valence-corrected chi connectivity index (χ3v) is 5.76. The third kappa shape index (κ3) is 4.48. The van der Waals surface area contributed by atoms with Crippen LogP contribution in [0, 0.1) is 5.92 Å². The number of rotatable bonds is 7. The molecule has 2 amide bonds. The summed E-state index contributed by atoms with van der Waals surface area (Å²) in [6, 6.07) is 9.98. The van der Waals surface area contributed by atoms with E-state index >= 15 is 0 Å². The molecule has 1 saturated heterocycles. The standard InChI is InChI=1S/C19H20N6O3S/c1-24(8-7-15-20-12-28-23-15)18(27)14-10-17(26)25(11-14)19-22-21-16(29-19)9-13-5-3-2-4-6-13/h2-6,12,14H,7-11H2,1H3. The van der Waals surface area contributed by atoms with Crippen molar-refractivity contribution in [3.63, 3.8) is 0 Å². The maximum absolute atomic E-state index is 12.7. The maximum Gasteiger partial charge on any atom is 0.229 e. The van der Waals surface area contributed by atoms with Gasteiger partial charge in [-0.15, -0.1) is 10.2 Å². The van der Waals surface area contributed by atoms with E-state index in [1.807, 2.05) is 30.3 Å². The number of amides is 2. The van der Waals surface area contributed by atoms with Crippen LogP contribution >= 0.6 is 11.3 Å². The number of carbonyl (C=O) groups excluding carboxylic acids is 2. The van der Waals surface area contributed by atoms with Crippen LogP contribution in [-0.2, 0) is 22.4 Å². The lowest BCUT2D eigenvalue weighted by atomic mass is 10.1. The normalized spacial score (nSPS) is 16.4. The Labute approximate surface area is 171 Å². The second-order valence-corrected chi connectivity index (χ2v) is 7.94. The summed E-state index contributed by atoms with van der Waals surface area (Å²) in [5, 5.41) is 13.5. The predicted molar refractivity (Wildman–Crippen MR) is 105 cm³/mol. The van der Waals surface area contributed by atoms with Gasteiger partial charge in [0.2, 0.25) is 23.3 Å². The van der Waals surface area contributed by atoms with Crippen LogP contribution < -0.4 is 4.90 Å². The van der Waals surface area contributed by atoms with E-state index in [0.717, 1.165) is 10.6 Å². The summed E-state index contributed by atoms with van der Waals surface area (Å²) in [4.78, 5) is 32.3. The first-order chi connectivity index (χ1) is 14.1. The first-order valence-electron chi connectivity index (χ1n) is 9.27. The zero-order chi connectivity index (χ0) is 20.2. The van der Waals surface area contributed by atoms with Gasteiger partial charge >= 0.3 is 0 Å². The monoisotopic (exact) mass is 412 g/mol. The Kier molecular flexibility index (Phi) is 5.61. The lowest BCUT2D eigenvalue weighted by molar-refractivity contribution is -0.134. The summed E-state index contributed by atoms with van der Waals surface area (Å²) >= 11 is 1.39. The van der Waals surface area contributed by atoms with Gasteiger partial charge in [-0.25, -0.2) is 0 Å². The fraction of sp³-hybridized carbons (Fsp3) is 0.368. The highest BCUT2D eigenvalue weighted by Gasteiger charge is 2.38. The maximum atomic E-state index is 12.7. The summed E-state index contributed by atoms with van der Waals surface area (Å²) in [6.45, 7) is 0.785. The summed E-state index contributed by atoms with van der Waals surface area (Å²) in [7, 11) is 1.72. The van der Waals surface area contributed by atoms with Gasteiger partial charge in [0, 0.05) is 39.4 Å². The average molecular weight is 412 g/mol. The molecule has 1 aromatic carbocycles. The Bertz CT molecular complexity index is 975. The molecule has 1 atom stereocenters. The highest BCUT2D eigenvalue weighted by atomic mass is 32.1. The molecule has 1 fully saturated rings. The van der Waals surface area contributed by atoms with Gasteiger partial charge in [-0.05, 0) is 5.56 Å². The molecule has 0 saturated carbocycles. The van der Waals surface area contributed by atoms with E-state index in [1.54, 1.807) is 16.8 Å². The number of nitrogens with zero attached hydrogens (tertiary/aromatic N) is 6. The number of anilines is 1. The van der Waals surface area contributed by atoms with Gasteiger partial charge < -0.3 is 9.42 Å². The Morgan fingerprint density at radius 2 is 2.14 bits per heavy atom. The predicted octanol–water partition coefficient (Wildman–Crippen LogP) is 1.57. The number of carbonyl (C=O) groups is 2. The number of hydrogen-bond acceptors (Lipinski definition) is 8. The quantitative estimate of drug-likeness (QED) is 0.580. The molecule has 0 radical (unpaired) electrons. The van der Waals surface area contributed by atoms with Crippen molar-refractivity contribution >= 4 is 28.3 Å². The summed E-state index contributed by atoms with van der Waals surface area (Å²) in [5.74, 6) is -0.0106. The highest BCUT2D eigenvalue weighted by Crippen LogP contribution is 2.29. The largest absolute Gasteiger partial charge is 0.345 e. The molecular formula is C19H20N6O3S. The van der Waals surface area contributed by atoms with Crippen LogP contribution in [0.25, 0.3) is 0 Å². The minimum Gasteiger partial charge on any atom is -0.345 e. The molecule has 0 spiro atoms. The van der Waals surface area contributed by atoms with Gasteiger partial charge in [0.1, 0.15) is 5.01 Å². The second-order valence-electron chi connectivity index (χ2n) is 6.90. The van der Waals surface area contributed by atoms with Crippen molar-refractivity contribution < 1.29 is 14.1 Å². The minimum absolute atomic E-state index is 0.0710. The van der Waals surface area contributed by atoms with Crippen molar-refractivity contribution in [2.75, 3.05) is 25.0 Å². The number of benzene rings is 1. The van der Waals surface area contributed by atoms with Gasteiger partial charge in [-0.3, -0.25) is 14.5 Å². The second kappa shape index (κ2) is 8.48. The van der Waals surface area contributed by atoms with Crippen molar-refractivity contribution in [2.24, 2.45) is 5.92 Å². The smallest absolute Gasteiger partial charge is 0.229 e. The van der Waals surface area contributed by atoms with Gasteiger partial charge in [0.15, 0.2) is 5.82 Å². The Hall–Kier alpha value is -3.14. The SMILES string of the molecule is CN(CCc1ncon1)C(=O)C1CC(=O)N(c2nnc(Cc3ccccc3)s2)C1. The molecule has 3 heterocycles. The summed E-state index contributed by atoms with van der Waals surface area (Å²) in [6.07, 6.45) is 2.61. The summed E-state index contributed by atoms with van der Waals surface area (Å²) in [5.41, 5.74) is 1.14. The average Bonchev–Trinajstić information content (AvgIpc) is 3.47. The van der Waals surface area contributed by atoms with Crippen LogP contribution in [0.5, 0.6) is 0 Å². The van der Waals surface area contributed by atoms with E-state index < -0.39 is 0 Å². The Morgan fingerprint density at radius 1 is 1.31 bits per heavy atom. The molecule has 1 unspecified atom stereocenters. The molecule has 150 valence electrons. The third-order valence-electron chi connectivity index (χ3n) is 4.81. The fourth-order valence-electron chi connectivity index (χ4n) is 3.25. The van der Waals surface area contributed by atoms with E-state index in [0.29, 0.717) is 36.9 Å². The zero-order valence-corrected chi connectivity index (χ0v) is 16.7. The molecule has 1 aliphatic rings. The molecule has 3 aromatic rings. The van der Waals surface area contributed by atoms with Crippen molar-refractivity contribution in [3.8, 4) is 0 Å². The molecule has 0 aliphatic carbocycles. The summed E-state index contributed by atoms with van der Waals surface area (Å²) < 4.78 is 4.70. The van der Waals surface area contributed by atoms with Crippen molar-refractivity contribution in [1.82, 2.24) is 25.2 Å². The number of hydrogen-bond donors (Lipinski definition) is 0. The van der Waals surface area contributed by atoms with E-state index in [2.05, 4.69) is 20.3 Å². The fourth-order valence-corrected chi connectivity index (χ4v) is 4.15. The Balaban J connectivity index is 1.35. The van der Waals surface area contributed by atoms with E-state index in [-0.39, 0.29) is 24.2 Å². The van der Waals surface area contributed by atoms with Gasteiger partial charge in [0.25, 0.3) is 0 Å². The molecular weight excluding hydrogens is 392 g/mol. The van der Waals surface area contributed by atoms with Crippen molar-refractivity contribution in [1.29, 1.82) is 0 Å². The van der Waals surface area contributed by atoms with Crippen LogP contribution in [0.2, 0.25) is 0 Å². The zero-order valence-electron chi connectivity index (χ0n) is 15.9. The van der Waals surface area contributed by atoms with E-state index in [1.165, 1.54) is 17.7 Å². The number of likely N-dealkylation sites (N-methyl/N-ethyl adjacent to an activating group) is 1.